The fraction of sp³-hybridized carbons (Fsp3) is 0.974. The van der Waals surface area contributed by atoms with Crippen molar-refractivity contribution in [1.29, 1.82) is 0 Å². The van der Waals surface area contributed by atoms with E-state index in [2.05, 4.69) is 13.8 Å². The van der Waals surface area contributed by atoms with Gasteiger partial charge in [0.05, 0.1) is 0 Å². The maximum atomic E-state index is 12.2. The summed E-state index contributed by atoms with van der Waals surface area (Å²) < 4.78 is 0. The van der Waals surface area contributed by atoms with Gasteiger partial charge < -0.3 is 0 Å². The second-order valence-electron chi connectivity index (χ2n) is 13.4. The molecule has 0 spiro atoms. The molecule has 0 aliphatic heterocycles. The Morgan fingerprint density at radius 3 is 0.575 bits per heavy atom. The number of ketones is 1. The summed E-state index contributed by atoms with van der Waals surface area (Å²) in [7, 11) is 0. The number of hydrogen-bond donors (Lipinski definition) is 0. The SMILES string of the molecule is CCCCCCCCCCCCCCCCCCCCCC(=O)CCCCCCCCCCCCCCCCC. The third-order valence-corrected chi connectivity index (χ3v) is 9.12. The first-order valence-electron chi connectivity index (χ1n) is 19.3. The van der Waals surface area contributed by atoms with Crippen molar-refractivity contribution in [3.8, 4) is 0 Å². The monoisotopic (exact) mass is 563 g/mol. The van der Waals surface area contributed by atoms with E-state index in [9.17, 15) is 4.79 Å². The van der Waals surface area contributed by atoms with Crippen LogP contribution in [0.4, 0.5) is 0 Å². The van der Waals surface area contributed by atoms with Crippen LogP contribution in [0, 0.1) is 0 Å². The molecule has 0 aliphatic carbocycles. The van der Waals surface area contributed by atoms with Gasteiger partial charge in [-0.2, -0.15) is 0 Å². The summed E-state index contributed by atoms with van der Waals surface area (Å²) in [4.78, 5) is 12.2. The maximum Gasteiger partial charge on any atom is 0.132 e. The summed E-state index contributed by atoms with van der Waals surface area (Å²) in [5.41, 5.74) is 0. The molecule has 0 amide bonds. The smallest absolute Gasteiger partial charge is 0.132 e. The van der Waals surface area contributed by atoms with Crippen molar-refractivity contribution in [3.63, 3.8) is 0 Å². The Morgan fingerprint density at radius 1 is 0.250 bits per heavy atom. The van der Waals surface area contributed by atoms with E-state index in [0.717, 1.165) is 25.7 Å². The molecule has 1 heteroatoms. The first kappa shape index (κ1) is 39.7. The third kappa shape index (κ3) is 35.7. The number of unbranched alkanes of at least 4 members (excludes halogenated alkanes) is 32. The lowest BCUT2D eigenvalue weighted by Gasteiger charge is -2.04. The molecule has 0 unspecified atom stereocenters. The van der Waals surface area contributed by atoms with E-state index >= 15 is 0 Å². The molecule has 0 bridgehead atoms. The van der Waals surface area contributed by atoms with E-state index in [4.69, 9.17) is 0 Å². The minimum absolute atomic E-state index is 0.529. The third-order valence-electron chi connectivity index (χ3n) is 9.12. The van der Waals surface area contributed by atoms with Crippen molar-refractivity contribution >= 4 is 5.78 Å². The zero-order valence-electron chi connectivity index (χ0n) is 28.4. The molecule has 0 atom stereocenters. The molecule has 40 heavy (non-hydrogen) atoms. The second kappa shape index (κ2) is 36.7. The van der Waals surface area contributed by atoms with E-state index in [-0.39, 0.29) is 0 Å². The number of carbonyl (C=O) groups excluding carboxylic acids is 1. The van der Waals surface area contributed by atoms with Crippen molar-refractivity contribution in [2.75, 3.05) is 0 Å². The van der Waals surface area contributed by atoms with E-state index < -0.39 is 0 Å². The Kier molecular flexibility index (Phi) is 36.4. The van der Waals surface area contributed by atoms with Crippen LogP contribution in [-0.2, 0) is 4.79 Å². The number of Topliss-reactive ketones (excluding diaryl/α,β-unsaturated/α-hetero) is 1. The minimum Gasteiger partial charge on any atom is -0.300 e. The molecule has 0 radical (unpaired) electrons. The van der Waals surface area contributed by atoms with Crippen molar-refractivity contribution in [2.24, 2.45) is 0 Å². The molecule has 0 saturated carbocycles. The lowest BCUT2D eigenvalue weighted by atomic mass is 10.0. The zero-order chi connectivity index (χ0) is 29.0. The van der Waals surface area contributed by atoms with Gasteiger partial charge in [0, 0.05) is 12.8 Å². The number of rotatable bonds is 36. The van der Waals surface area contributed by atoms with Crippen molar-refractivity contribution in [2.45, 2.75) is 245 Å². The Balaban J connectivity index is 3.14. The highest BCUT2D eigenvalue weighted by Crippen LogP contribution is 2.16. The molecule has 240 valence electrons. The van der Waals surface area contributed by atoms with Crippen LogP contribution in [0.3, 0.4) is 0 Å². The molecule has 0 fully saturated rings. The molecule has 0 saturated heterocycles. The predicted octanol–water partition coefficient (Wildman–Crippen LogP) is 14.6. The highest BCUT2D eigenvalue weighted by atomic mass is 16.1. The quantitative estimate of drug-likeness (QED) is 0.0694. The summed E-state index contributed by atoms with van der Waals surface area (Å²) in [6.45, 7) is 4.59. The van der Waals surface area contributed by atoms with E-state index in [1.54, 1.807) is 0 Å². The van der Waals surface area contributed by atoms with Gasteiger partial charge in [0.15, 0.2) is 0 Å². The highest BCUT2D eigenvalue weighted by molar-refractivity contribution is 5.78. The van der Waals surface area contributed by atoms with Gasteiger partial charge in [-0.15, -0.1) is 0 Å². The number of carbonyl (C=O) groups is 1. The van der Waals surface area contributed by atoms with Gasteiger partial charge in [-0.25, -0.2) is 0 Å². The Hall–Kier alpha value is -0.330. The Labute approximate surface area is 255 Å². The average molecular weight is 563 g/mol. The first-order valence-corrected chi connectivity index (χ1v) is 19.3. The van der Waals surface area contributed by atoms with E-state index in [0.29, 0.717) is 5.78 Å². The average Bonchev–Trinajstić information content (AvgIpc) is 2.96. The van der Waals surface area contributed by atoms with Crippen molar-refractivity contribution in [1.82, 2.24) is 0 Å². The summed E-state index contributed by atoms with van der Waals surface area (Å²) in [6, 6.07) is 0. The molecule has 0 aliphatic rings. The van der Waals surface area contributed by atoms with Gasteiger partial charge in [-0.3, -0.25) is 4.79 Å². The van der Waals surface area contributed by atoms with Gasteiger partial charge in [0.2, 0.25) is 0 Å². The van der Waals surface area contributed by atoms with Crippen LogP contribution in [0.15, 0.2) is 0 Å². The molecule has 0 heterocycles. The summed E-state index contributed by atoms with van der Waals surface area (Å²) in [5.74, 6) is 0.529. The minimum atomic E-state index is 0.529. The van der Waals surface area contributed by atoms with Gasteiger partial charge in [-0.05, 0) is 12.8 Å². The van der Waals surface area contributed by atoms with Gasteiger partial charge in [0.25, 0.3) is 0 Å². The van der Waals surface area contributed by atoms with Crippen LogP contribution >= 0.6 is 0 Å². The summed E-state index contributed by atoms with van der Waals surface area (Å²) >= 11 is 0. The maximum absolute atomic E-state index is 12.2. The van der Waals surface area contributed by atoms with Gasteiger partial charge >= 0.3 is 0 Å². The molecule has 1 nitrogen and oxygen atoms in total. The number of hydrogen-bond acceptors (Lipinski definition) is 1. The molecule has 0 rings (SSSR count). The van der Waals surface area contributed by atoms with Gasteiger partial charge in [-0.1, -0.05) is 219 Å². The molecule has 0 aromatic rings. The molecule has 0 aromatic heterocycles. The fourth-order valence-corrected chi connectivity index (χ4v) is 6.22. The summed E-state index contributed by atoms with van der Waals surface area (Å²) in [6.07, 6.45) is 49.4. The lowest BCUT2D eigenvalue weighted by Crippen LogP contribution is -1.97. The van der Waals surface area contributed by atoms with Crippen LogP contribution in [0.2, 0.25) is 0 Å². The zero-order valence-corrected chi connectivity index (χ0v) is 28.4. The molecule has 0 N–H and O–H groups in total. The standard InChI is InChI=1S/C39H78O/c1-3-5-7-9-11-13-15-17-19-20-21-22-24-26-28-30-32-34-36-38-39(40)37-35-33-31-29-27-25-23-18-16-14-12-10-8-6-4-2/h3-38H2,1-2H3. The topological polar surface area (TPSA) is 17.1 Å². The van der Waals surface area contributed by atoms with Crippen LogP contribution in [0.25, 0.3) is 0 Å². The predicted molar refractivity (Wildman–Crippen MR) is 183 cm³/mol. The largest absolute Gasteiger partial charge is 0.300 e. The van der Waals surface area contributed by atoms with Crippen LogP contribution < -0.4 is 0 Å². The lowest BCUT2D eigenvalue weighted by molar-refractivity contribution is -0.119. The molecular formula is C39H78O. The second-order valence-corrected chi connectivity index (χ2v) is 13.4. The van der Waals surface area contributed by atoms with Crippen LogP contribution in [0.5, 0.6) is 0 Å². The molecule has 0 aromatic carbocycles. The molecular weight excluding hydrogens is 484 g/mol. The fourth-order valence-electron chi connectivity index (χ4n) is 6.22. The van der Waals surface area contributed by atoms with Crippen LogP contribution in [-0.4, -0.2) is 5.78 Å². The normalized spacial score (nSPS) is 11.4. The highest BCUT2D eigenvalue weighted by Gasteiger charge is 2.02. The van der Waals surface area contributed by atoms with E-state index in [1.165, 1.54) is 205 Å². The summed E-state index contributed by atoms with van der Waals surface area (Å²) in [5, 5.41) is 0. The Bertz CT molecular complexity index is 456. The van der Waals surface area contributed by atoms with Gasteiger partial charge in [0.1, 0.15) is 5.78 Å². The van der Waals surface area contributed by atoms with E-state index in [1.807, 2.05) is 0 Å². The Morgan fingerprint density at radius 2 is 0.400 bits per heavy atom. The van der Waals surface area contributed by atoms with Crippen molar-refractivity contribution in [3.05, 3.63) is 0 Å². The first-order chi connectivity index (χ1) is 19.8. The van der Waals surface area contributed by atoms with Crippen molar-refractivity contribution < 1.29 is 4.79 Å². The van der Waals surface area contributed by atoms with Crippen LogP contribution in [0.1, 0.15) is 245 Å².